The van der Waals surface area contributed by atoms with Crippen LogP contribution in [0.1, 0.15) is 17.2 Å². The largest absolute Gasteiger partial charge is 0.479 e. The van der Waals surface area contributed by atoms with Crippen molar-refractivity contribution in [2.45, 2.75) is 18.8 Å². The lowest BCUT2D eigenvalue weighted by Crippen LogP contribution is -2.50. The van der Waals surface area contributed by atoms with Crippen LogP contribution in [0, 0.1) is 0 Å². The molecule has 6 nitrogen and oxygen atoms in total. The molecule has 0 saturated carbocycles. The number of morpholine rings is 1. The number of hydrogen-bond donors (Lipinski definition) is 1. The fraction of sp³-hybridized carbons (Fsp3) is 0.429. The highest BCUT2D eigenvalue weighted by atomic mass is 16.5. The van der Waals surface area contributed by atoms with Crippen molar-refractivity contribution in [1.29, 1.82) is 0 Å². The first kappa shape index (κ1) is 14.5. The van der Waals surface area contributed by atoms with Crippen LogP contribution in [0.5, 0.6) is 0 Å². The van der Waals surface area contributed by atoms with Crippen LogP contribution in [0.15, 0.2) is 24.3 Å². The van der Waals surface area contributed by atoms with Crippen LogP contribution in [0.3, 0.4) is 0 Å². The van der Waals surface area contributed by atoms with E-state index in [1.54, 1.807) is 26.3 Å². The Bertz CT molecular complexity index is 516. The Morgan fingerprint density at radius 2 is 2.20 bits per heavy atom. The van der Waals surface area contributed by atoms with Crippen molar-refractivity contribution in [3.63, 3.8) is 0 Å². The van der Waals surface area contributed by atoms with E-state index in [9.17, 15) is 14.7 Å². The zero-order valence-electron chi connectivity index (χ0n) is 11.4. The number of carbonyl (C=O) groups excluding carboxylic acids is 1. The number of benzene rings is 1. The zero-order chi connectivity index (χ0) is 14.7. The summed E-state index contributed by atoms with van der Waals surface area (Å²) in [5.74, 6) is -1.32. The second kappa shape index (κ2) is 6.02. The lowest BCUT2D eigenvalue weighted by molar-refractivity contribution is -0.171. The van der Waals surface area contributed by atoms with Crippen LogP contribution in [0.25, 0.3) is 0 Å². The molecule has 1 N–H and O–H groups in total. The highest BCUT2D eigenvalue weighted by Gasteiger charge is 2.40. The standard InChI is InChI=1S/C14H17NO5/c1-15-11(16)8-20-13(14(17)18)12(15)10-6-4-3-5-9(10)7-19-2/h3-6,12-13H,7-8H2,1-2H3,(H,17,18). The van der Waals surface area contributed by atoms with Gasteiger partial charge in [-0.25, -0.2) is 4.79 Å². The molecule has 1 heterocycles. The summed E-state index contributed by atoms with van der Waals surface area (Å²) in [4.78, 5) is 24.6. The fourth-order valence-electron chi connectivity index (χ4n) is 2.40. The molecule has 1 fully saturated rings. The number of nitrogens with zero attached hydrogens (tertiary/aromatic N) is 1. The molecule has 6 heteroatoms. The number of amides is 1. The van der Waals surface area contributed by atoms with Crippen LogP contribution in [0.4, 0.5) is 0 Å². The van der Waals surface area contributed by atoms with Gasteiger partial charge in [0.15, 0.2) is 6.10 Å². The van der Waals surface area contributed by atoms with Crippen molar-refractivity contribution >= 4 is 11.9 Å². The van der Waals surface area contributed by atoms with E-state index >= 15 is 0 Å². The van der Waals surface area contributed by atoms with Gasteiger partial charge in [0.1, 0.15) is 6.61 Å². The van der Waals surface area contributed by atoms with Gasteiger partial charge in [-0.2, -0.15) is 0 Å². The molecule has 2 rings (SSSR count). The molecule has 0 bridgehead atoms. The number of carboxylic acids is 1. The van der Waals surface area contributed by atoms with Gasteiger partial charge >= 0.3 is 5.97 Å². The predicted molar refractivity (Wildman–Crippen MR) is 70.0 cm³/mol. The van der Waals surface area contributed by atoms with Gasteiger partial charge in [0.05, 0.1) is 12.6 Å². The maximum atomic E-state index is 11.8. The number of likely N-dealkylation sites (N-methyl/N-ethyl adjacent to an activating group) is 1. The van der Waals surface area contributed by atoms with E-state index in [4.69, 9.17) is 9.47 Å². The maximum Gasteiger partial charge on any atom is 0.335 e. The van der Waals surface area contributed by atoms with E-state index < -0.39 is 18.1 Å². The van der Waals surface area contributed by atoms with Crippen molar-refractivity contribution in [2.75, 3.05) is 20.8 Å². The Hall–Kier alpha value is -1.92. The van der Waals surface area contributed by atoms with E-state index in [1.165, 1.54) is 4.90 Å². The Kier molecular flexibility index (Phi) is 4.36. The SMILES string of the molecule is COCc1ccccc1C1C(C(=O)O)OCC(=O)N1C. The Labute approximate surface area is 116 Å². The quantitative estimate of drug-likeness (QED) is 0.883. The first-order valence-corrected chi connectivity index (χ1v) is 6.23. The molecule has 1 amide bonds. The zero-order valence-corrected chi connectivity index (χ0v) is 11.4. The third-order valence-electron chi connectivity index (χ3n) is 3.40. The van der Waals surface area contributed by atoms with Gasteiger partial charge in [-0.1, -0.05) is 24.3 Å². The minimum atomic E-state index is -1.08. The van der Waals surface area contributed by atoms with Crippen LogP contribution < -0.4 is 0 Å². The van der Waals surface area contributed by atoms with E-state index in [-0.39, 0.29) is 12.5 Å². The lowest BCUT2D eigenvalue weighted by atomic mass is 9.94. The average molecular weight is 279 g/mol. The molecule has 20 heavy (non-hydrogen) atoms. The molecule has 1 aliphatic heterocycles. The Balaban J connectivity index is 2.44. The number of hydrogen-bond acceptors (Lipinski definition) is 4. The maximum absolute atomic E-state index is 11.8. The smallest absolute Gasteiger partial charge is 0.335 e. The van der Waals surface area contributed by atoms with Gasteiger partial charge in [-0.15, -0.1) is 0 Å². The second-order valence-electron chi connectivity index (χ2n) is 4.65. The van der Waals surface area contributed by atoms with Crippen molar-refractivity contribution < 1.29 is 24.2 Å². The van der Waals surface area contributed by atoms with Crippen LogP contribution in [-0.2, 0) is 25.7 Å². The van der Waals surface area contributed by atoms with Gasteiger partial charge in [-0.05, 0) is 11.1 Å². The molecule has 2 atom stereocenters. The summed E-state index contributed by atoms with van der Waals surface area (Å²) >= 11 is 0. The fourth-order valence-corrected chi connectivity index (χ4v) is 2.40. The van der Waals surface area contributed by atoms with Crippen LogP contribution in [-0.4, -0.2) is 48.8 Å². The number of carbonyl (C=O) groups is 2. The summed E-state index contributed by atoms with van der Waals surface area (Å²) in [6.45, 7) is 0.136. The second-order valence-corrected chi connectivity index (χ2v) is 4.65. The third-order valence-corrected chi connectivity index (χ3v) is 3.40. The van der Waals surface area contributed by atoms with Crippen molar-refractivity contribution in [1.82, 2.24) is 4.90 Å². The van der Waals surface area contributed by atoms with E-state index in [0.29, 0.717) is 6.61 Å². The van der Waals surface area contributed by atoms with E-state index in [0.717, 1.165) is 11.1 Å². The Morgan fingerprint density at radius 3 is 2.85 bits per heavy atom. The minimum absolute atomic E-state index is 0.212. The molecule has 0 radical (unpaired) electrons. The summed E-state index contributed by atoms with van der Waals surface area (Å²) in [6.07, 6.45) is -1.07. The minimum Gasteiger partial charge on any atom is -0.479 e. The highest BCUT2D eigenvalue weighted by Crippen LogP contribution is 2.31. The lowest BCUT2D eigenvalue weighted by Gasteiger charge is -2.37. The number of aliphatic carboxylic acids is 1. The Morgan fingerprint density at radius 1 is 1.50 bits per heavy atom. The first-order valence-electron chi connectivity index (χ1n) is 6.23. The van der Waals surface area contributed by atoms with Gasteiger partial charge < -0.3 is 19.5 Å². The van der Waals surface area contributed by atoms with Gasteiger partial charge in [0.25, 0.3) is 0 Å². The van der Waals surface area contributed by atoms with Gasteiger partial charge in [0, 0.05) is 14.2 Å². The van der Waals surface area contributed by atoms with Crippen molar-refractivity contribution in [2.24, 2.45) is 0 Å². The summed E-state index contributed by atoms with van der Waals surface area (Å²) < 4.78 is 10.3. The summed E-state index contributed by atoms with van der Waals surface area (Å²) in [5.41, 5.74) is 1.58. The summed E-state index contributed by atoms with van der Waals surface area (Å²) in [7, 11) is 3.16. The van der Waals surface area contributed by atoms with E-state index in [1.807, 2.05) is 12.1 Å². The number of ether oxygens (including phenoxy) is 2. The van der Waals surface area contributed by atoms with Crippen molar-refractivity contribution in [3.8, 4) is 0 Å². The highest BCUT2D eigenvalue weighted by molar-refractivity contribution is 5.82. The van der Waals surface area contributed by atoms with E-state index in [2.05, 4.69) is 0 Å². The predicted octanol–water partition coefficient (Wildman–Crippen LogP) is 0.816. The molecular weight excluding hydrogens is 262 g/mol. The topological polar surface area (TPSA) is 76.1 Å². The molecule has 108 valence electrons. The van der Waals surface area contributed by atoms with Gasteiger partial charge in [-0.3, -0.25) is 4.79 Å². The number of rotatable bonds is 4. The molecule has 0 aromatic heterocycles. The molecule has 0 aliphatic carbocycles. The molecular formula is C14H17NO5. The molecule has 1 aromatic rings. The molecule has 1 aliphatic rings. The van der Waals surface area contributed by atoms with Crippen LogP contribution >= 0.6 is 0 Å². The van der Waals surface area contributed by atoms with Gasteiger partial charge in [0.2, 0.25) is 5.91 Å². The molecule has 1 saturated heterocycles. The normalized spacial score (nSPS) is 22.9. The average Bonchev–Trinajstić information content (AvgIpc) is 2.42. The number of methoxy groups -OCH3 is 1. The number of carboxylic acid groups (broad SMARTS) is 1. The van der Waals surface area contributed by atoms with Crippen LogP contribution in [0.2, 0.25) is 0 Å². The first-order chi connectivity index (χ1) is 9.56. The summed E-state index contributed by atoms with van der Waals surface area (Å²) in [5, 5.41) is 9.30. The third kappa shape index (κ3) is 2.66. The molecule has 1 aromatic carbocycles. The molecule has 0 spiro atoms. The summed E-state index contributed by atoms with van der Waals surface area (Å²) in [6, 6.07) is 6.65. The monoisotopic (exact) mass is 279 g/mol. The molecule has 2 unspecified atom stereocenters. The van der Waals surface area contributed by atoms with Crippen molar-refractivity contribution in [3.05, 3.63) is 35.4 Å².